The minimum Gasteiger partial charge on any atom is -0.392 e. The fourth-order valence-corrected chi connectivity index (χ4v) is 1.67. The van der Waals surface area contributed by atoms with Gasteiger partial charge in [0.05, 0.1) is 12.9 Å². The third-order valence-corrected chi connectivity index (χ3v) is 2.58. The van der Waals surface area contributed by atoms with Gasteiger partial charge in [-0.3, -0.25) is 0 Å². The number of aliphatic hydroxyl groups excluding tert-OH is 1. The van der Waals surface area contributed by atoms with Crippen LogP contribution >= 0.6 is 15.9 Å². The number of rotatable bonds is 4. The maximum atomic E-state index is 8.87. The smallest absolute Gasteiger partial charge is 0.200 e. The number of nitrogens with zero attached hydrogens (tertiary/aromatic N) is 3. The van der Waals surface area contributed by atoms with Gasteiger partial charge in [-0.25, -0.2) is 15.0 Å². The van der Waals surface area contributed by atoms with Crippen molar-refractivity contribution >= 4 is 32.9 Å². The van der Waals surface area contributed by atoms with Gasteiger partial charge in [0, 0.05) is 6.54 Å². The number of fused-ring (bicyclic) bond motifs is 1. The first-order valence-electron chi connectivity index (χ1n) is 5.07. The van der Waals surface area contributed by atoms with Crippen LogP contribution in [-0.2, 0) is 0 Å². The molecule has 2 aromatic rings. The number of aliphatic hydroxyl groups is 1. The maximum absolute atomic E-state index is 8.87. The van der Waals surface area contributed by atoms with Crippen LogP contribution < -0.4 is 5.32 Å². The van der Waals surface area contributed by atoms with Gasteiger partial charge in [0.15, 0.2) is 11.5 Å². The molecule has 0 amide bonds. The average molecular weight is 298 g/mol. The molecule has 0 unspecified atom stereocenters. The summed E-state index contributed by atoms with van der Waals surface area (Å²) < 4.78 is 0.488. The second kappa shape index (κ2) is 5.24. The lowest BCUT2D eigenvalue weighted by Crippen LogP contribution is -2.04. The Morgan fingerprint density at radius 2 is 2.41 bits per heavy atom. The van der Waals surface area contributed by atoms with Crippen LogP contribution in [0, 0.1) is 0 Å². The van der Waals surface area contributed by atoms with E-state index < -0.39 is 0 Å². The normalized spacial score (nSPS) is 12.1. The SMILES string of the molecule is C/C(=C\CNc1nc(Br)nc2nc[nH]c12)CO. The molecule has 0 spiro atoms. The Morgan fingerprint density at radius 3 is 3.18 bits per heavy atom. The molecule has 0 fully saturated rings. The monoisotopic (exact) mass is 297 g/mol. The summed E-state index contributed by atoms with van der Waals surface area (Å²) in [5.74, 6) is 0.682. The molecule has 0 radical (unpaired) electrons. The highest BCUT2D eigenvalue weighted by molar-refractivity contribution is 9.10. The van der Waals surface area contributed by atoms with Crippen molar-refractivity contribution in [2.75, 3.05) is 18.5 Å². The molecule has 0 saturated heterocycles. The summed E-state index contributed by atoms with van der Waals surface area (Å²) in [6.07, 6.45) is 3.48. The Morgan fingerprint density at radius 1 is 1.59 bits per heavy atom. The van der Waals surface area contributed by atoms with E-state index in [4.69, 9.17) is 5.11 Å². The lowest BCUT2D eigenvalue weighted by atomic mass is 10.3. The summed E-state index contributed by atoms with van der Waals surface area (Å²) in [5.41, 5.74) is 2.28. The number of aromatic amines is 1. The molecule has 0 bridgehead atoms. The summed E-state index contributed by atoms with van der Waals surface area (Å²) in [5, 5.41) is 12.0. The topological polar surface area (TPSA) is 86.7 Å². The molecule has 2 aromatic heterocycles. The number of imidazole rings is 1. The number of halogens is 1. The molecule has 3 N–H and O–H groups in total. The number of nitrogens with one attached hydrogen (secondary N) is 2. The van der Waals surface area contributed by atoms with Crippen molar-refractivity contribution in [3.63, 3.8) is 0 Å². The van der Waals surface area contributed by atoms with Crippen molar-refractivity contribution in [3.8, 4) is 0 Å². The number of hydrogen-bond acceptors (Lipinski definition) is 5. The molecule has 2 heterocycles. The number of H-pyrrole nitrogens is 1. The van der Waals surface area contributed by atoms with Crippen LogP contribution in [0.2, 0.25) is 0 Å². The van der Waals surface area contributed by atoms with Crippen molar-refractivity contribution in [1.82, 2.24) is 19.9 Å². The molecule has 0 aromatic carbocycles. The Bertz CT molecular complexity index is 551. The van der Waals surface area contributed by atoms with Crippen molar-refractivity contribution in [2.24, 2.45) is 0 Å². The molecule has 90 valence electrons. The molecule has 0 atom stereocenters. The van der Waals surface area contributed by atoms with E-state index in [0.717, 1.165) is 11.1 Å². The lowest BCUT2D eigenvalue weighted by Gasteiger charge is -2.04. The fourth-order valence-electron chi connectivity index (χ4n) is 1.32. The van der Waals surface area contributed by atoms with Gasteiger partial charge in [0.2, 0.25) is 4.73 Å². The summed E-state index contributed by atoms with van der Waals surface area (Å²) >= 11 is 3.23. The van der Waals surface area contributed by atoms with Crippen LogP contribution in [0.4, 0.5) is 5.82 Å². The minimum absolute atomic E-state index is 0.0641. The first-order chi connectivity index (χ1) is 8.20. The van der Waals surface area contributed by atoms with Gasteiger partial charge in [-0.2, -0.15) is 0 Å². The van der Waals surface area contributed by atoms with Crippen LogP contribution in [-0.4, -0.2) is 38.2 Å². The van der Waals surface area contributed by atoms with E-state index >= 15 is 0 Å². The Balaban J connectivity index is 2.20. The molecule has 0 aliphatic rings. The Kier molecular flexibility index (Phi) is 3.70. The molecule has 2 rings (SSSR count). The molecule has 0 saturated carbocycles. The van der Waals surface area contributed by atoms with Crippen LogP contribution in [0.15, 0.2) is 22.7 Å². The van der Waals surface area contributed by atoms with Gasteiger partial charge in [-0.05, 0) is 22.9 Å². The van der Waals surface area contributed by atoms with Crippen LogP contribution in [0.5, 0.6) is 0 Å². The van der Waals surface area contributed by atoms with Gasteiger partial charge in [0.1, 0.15) is 5.52 Å². The third-order valence-electron chi connectivity index (χ3n) is 2.23. The average Bonchev–Trinajstić information content (AvgIpc) is 2.76. The van der Waals surface area contributed by atoms with Crippen LogP contribution in [0.1, 0.15) is 6.92 Å². The minimum atomic E-state index is 0.0641. The molecule has 17 heavy (non-hydrogen) atoms. The number of aromatic nitrogens is 4. The van der Waals surface area contributed by atoms with E-state index in [1.54, 1.807) is 6.33 Å². The summed E-state index contributed by atoms with van der Waals surface area (Å²) in [6.45, 7) is 2.52. The second-order valence-electron chi connectivity index (χ2n) is 3.53. The van der Waals surface area contributed by atoms with Gasteiger partial charge < -0.3 is 15.4 Å². The molecular formula is C10H12BrN5O. The fraction of sp³-hybridized carbons (Fsp3) is 0.300. The number of anilines is 1. The lowest BCUT2D eigenvalue weighted by molar-refractivity contribution is 0.331. The van der Waals surface area contributed by atoms with E-state index in [1.165, 1.54) is 0 Å². The highest BCUT2D eigenvalue weighted by Crippen LogP contribution is 2.18. The van der Waals surface area contributed by atoms with E-state index in [0.29, 0.717) is 22.7 Å². The summed E-state index contributed by atoms with van der Waals surface area (Å²) in [6, 6.07) is 0. The van der Waals surface area contributed by atoms with E-state index in [2.05, 4.69) is 41.2 Å². The van der Waals surface area contributed by atoms with Crippen molar-refractivity contribution in [1.29, 1.82) is 0 Å². The summed E-state index contributed by atoms with van der Waals surface area (Å²) in [7, 11) is 0. The largest absolute Gasteiger partial charge is 0.392 e. The zero-order valence-electron chi connectivity index (χ0n) is 9.24. The van der Waals surface area contributed by atoms with Gasteiger partial charge in [-0.1, -0.05) is 11.6 Å². The van der Waals surface area contributed by atoms with E-state index in [9.17, 15) is 0 Å². The van der Waals surface area contributed by atoms with Gasteiger partial charge in [-0.15, -0.1) is 0 Å². The molecule has 7 heteroatoms. The van der Waals surface area contributed by atoms with Crippen molar-refractivity contribution in [2.45, 2.75) is 6.92 Å². The van der Waals surface area contributed by atoms with Gasteiger partial charge in [0.25, 0.3) is 0 Å². The van der Waals surface area contributed by atoms with E-state index in [-0.39, 0.29) is 6.61 Å². The molecule has 0 aliphatic heterocycles. The zero-order valence-corrected chi connectivity index (χ0v) is 10.8. The predicted molar refractivity (Wildman–Crippen MR) is 68.7 cm³/mol. The van der Waals surface area contributed by atoms with E-state index in [1.807, 2.05) is 13.0 Å². The molecular weight excluding hydrogens is 286 g/mol. The molecule has 6 nitrogen and oxygen atoms in total. The highest BCUT2D eigenvalue weighted by Gasteiger charge is 2.07. The Labute approximate surface area is 106 Å². The molecule has 0 aliphatic carbocycles. The van der Waals surface area contributed by atoms with Crippen molar-refractivity contribution in [3.05, 3.63) is 22.7 Å². The summed E-state index contributed by atoms with van der Waals surface area (Å²) in [4.78, 5) is 15.4. The Hall–Kier alpha value is -1.47. The highest BCUT2D eigenvalue weighted by atomic mass is 79.9. The zero-order chi connectivity index (χ0) is 12.3. The quantitative estimate of drug-likeness (QED) is 0.588. The second-order valence-corrected chi connectivity index (χ2v) is 4.24. The first kappa shape index (κ1) is 12.0. The van der Waals surface area contributed by atoms with Crippen LogP contribution in [0.3, 0.4) is 0 Å². The maximum Gasteiger partial charge on any atom is 0.200 e. The third kappa shape index (κ3) is 2.80. The van der Waals surface area contributed by atoms with Crippen molar-refractivity contribution < 1.29 is 5.11 Å². The number of hydrogen-bond donors (Lipinski definition) is 3. The first-order valence-corrected chi connectivity index (χ1v) is 5.87. The predicted octanol–water partition coefficient (Wildman–Crippen LogP) is 1.47. The standard InChI is InChI=1S/C10H12BrN5O/c1-6(4-17)2-3-12-8-7-9(14-5-13-7)16-10(11)15-8/h2,5,17H,3-4H2,1H3,(H2,12,13,14,15,16)/b6-2+. The van der Waals surface area contributed by atoms with Crippen LogP contribution in [0.25, 0.3) is 11.2 Å². The van der Waals surface area contributed by atoms with Gasteiger partial charge >= 0.3 is 0 Å².